The van der Waals surface area contributed by atoms with Crippen molar-refractivity contribution in [3.63, 3.8) is 0 Å². The molecule has 0 saturated heterocycles. The second-order valence-corrected chi connectivity index (χ2v) is 13.4. The van der Waals surface area contributed by atoms with Crippen LogP contribution in [0.3, 0.4) is 0 Å². The minimum absolute atomic E-state index is 0.0731. The summed E-state index contributed by atoms with van der Waals surface area (Å²) in [4.78, 5) is 0. The van der Waals surface area contributed by atoms with Gasteiger partial charge in [-0.15, -0.1) is 0 Å². The smallest absolute Gasteiger partial charge is 0.399 e. The maximum atomic E-state index is 14.7. The Labute approximate surface area is 339 Å². The number of hydrogen-bond donors (Lipinski definition) is 2. The van der Waals surface area contributed by atoms with Crippen LogP contribution in [0.25, 0.3) is 44.5 Å². The summed E-state index contributed by atoms with van der Waals surface area (Å²) >= 11 is 0. The lowest BCUT2D eigenvalue weighted by molar-refractivity contribution is -0.145. The van der Waals surface area contributed by atoms with Crippen molar-refractivity contribution in [1.82, 2.24) is 0 Å². The van der Waals surface area contributed by atoms with Gasteiger partial charge < -0.3 is 11.5 Å². The van der Waals surface area contributed by atoms with Crippen LogP contribution in [-0.2, 0) is 49.4 Å². The molecule has 0 aliphatic heterocycles. The van der Waals surface area contributed by atoms with Gasteiger partial charge in [-0.2, -0.15) is 105 Å². The number of rotatable bonds is 4. The summed E-state index contributed by atoms with van der Waals surface area (Å²) in [6.45, 7) is 0. The predicted octanol–water partition coefficient (Wildman–Crippen LogP) is 15.7. The van der Waals surface area contributed by atoms with Gasteiger partial charge in [0, 0.05) is 11.4 Å². The zero-order valence-corrected chi connectivity index (χ0v) is 30.2. The lowest BCUT2D eigenvalue weighted by Gasteiger charge is -2.26. The molecule has 0 saturated carbocycles. The Morgan fingerprint density at radius 2 is 0.359 bits per heavy atom. The first-order chi connectivity index (χ1) is 28.6. The van der Waals surface area contributed by atoms with Gasteiger partial charge in [0.15, 0.2) is 0 Å². The van der Waals surface area contributed by atoms with Crippen molar-refractivity contribution in [3.05, 3.63) is 117 Å². The predicted molar refractivity (Wildman–Crippen MR) is 177 cm³/mol. The number of anilines is 2. The average Bonchev–Trinajstić information content (AvgIpc) is 3.10. The van der Waals surface area contributed by atoms with E-state index in [1.165, 1.54) is 0 Å². The monoisotopic (exact) mass is 956 g/mol. The van der Waals surface area contributed by atoms with Gasteiger partial charge in [-0.05, 0) is 105 Å². The van der Waals surface area contributed by atoms with Crippen LogP contribution < -0.4 is 11.5 Å². The third-order valence-corrected chi connectivity index (χ3v) is 9.16. The Morgan fingerprint density at radius 3 is 0.531 bits per heavy atom. The van der Waals surface area contributed by atoms with E-state index in [0.29, 0.717) is 12.1 Å². The molecule has 5 aromatic carbocycles. The van der Waals surface area contributed by atoms with Crippen molar-refractivity contribution in [2.45, 2.75) is 49.4 Å². The zero-order chi connectivity index (χ0) is 48.9. The number of nitrogens with two attached hydrogens (primary N) is 2. The van der Waals surface area contributed by atoms with Crippen LogP contribution in [0.15, 0.2) is 72.8 Å². The Bertz CT molecular complexity index is 2440. The van der Waals surface area contributed by atoms with Gasteiger partial charge in [-0.3, -0.25) is 0 Å². The Kier molecular flexibility index (Phi) is 11.8. The quantitative estimate of drug-likeness (QED) is 0.139. The summed E-state index contributed by atoms with van der Waals surface area (Å²) in [5.41, 5.74) is -30.0. The van der Waals surface area contributed by atoms with Crippen molar-refractivity contribution in [1.29, 1.82) is 0 Å². The van der Waals surface area contributed by atoms with E-state index in [1.54, 1.807) is 0 Å². The first kappa shape index (κ1) is 49.0. The van der Waals surface area contributed by atoms with Crippen LogP contribution >= 0.6 is 0 Å². The third kappa shape index (κ3) is 9.73. The summed E-state index contributed by atoms with van der Waals surface area (Å²) in [5, 5.41) is 0. The summed E-state index contributed by atoms with van der Waals surface area (Å²) < 4.78 is 348. The van der Waals surface area contributed by atoms with Crippen molar-refractivity contribution < 1.29 is 105 Å². The molecule has 0 spiro atoms. The van der Waals surface area contributed by atoms with Gasteiger partial charge in [0.2, 0.25) is 0 Å². The van der Waals surface area contributed by atoms with Crippen LogP contribution in [0.1, 0.15) is 44.5 Å². The standard InChI is InChI=1S/C38H16F24N2/c39-31(40,41)23-5-13(63)1-3-15(23)17-7-19(27(35(51,52)53)10-25(17)33(45,46)47)21-9-22(30(38(60,61)62)12-29(21)37(57,58)59)20-8-18(16-4-2-14(64)6-24(16)32(42,43)44)26(34(48,49)50)11-28(20)36(54,55)56/h1-12H,63-64H2. The molecule has 4 N–H and O–H groups in total. The average molecular weight is 957 g/mol. The molecule has 346 valence electrons. The molecule has 0 aliphatic carbocycles. The molecular formula is C38H16F24N2. The first-order valence-electron chi connectivity index (χ1n) is 16.6. The van der Waals surface area contributed by atoms with Crippen LogP contribution in [0.5, 0.6) is 0 Å². The molecule has 0 amide bonds. The molecule has 5 rings (SSSR count). The van der Waals surface area contributed by atoms with Crippen LogP contribution in [0.4, 0.5) is 117 Å². The number of benzene rings is 5. The molecule has 0 fully saturated rings. The second-order valence-electron chi connectivity index (χ2n) is 13.4. The van der Waals surface area contributed by atoms with Crippen molar-refractivity contribution in [2.75, 3.05) is 11.5 Å². The molecule has 0 heterocycles. The fourth-order valence-corrected chi connectivity index (χ4v) is 6.61. The highest BCUT2D eigenvalue weighted by Crippen LogP contribution is 2.55. The van der Waals surface area contributed by atoms with E-state index < -0.39 is 186 Å². The van der Waals surface area contributed by atoms with Gasteiger partial charge in [-0.1, -0.05) is 12.1 Å². The summed E-state index contributed by atoms with van der Waals surface area (Å²) in [6.07, 6.45) is -49.4. The second kappa shape index (κ2) is 15.3. The molecule has 64 heavy (non-hydrogen) atoms. The van der Waals surface area contributed by atoms with Crippen molar-refractivity contribution in [3.8, 4) is 44.5 Å². The number of halogens is 24. The minimum Gasteiger partial charge on any atom is -0.399 e. The minimum atomic E-state index is -6.42. The maximum Gasteiger partial charge on any atom is 0.417 e. The Hall–Kier alpha value is -5.98. The van der Waals surface area contributed by atoms with Crippen LogP contribution in [0.2, 0.25) is 0 Å². The topological polar surface area (TPSA) is 52.0 Å². The van der Waals surface area contributed by atoms with Crippen LogP contribution in [-0.4, -0.2) is 0 Å². The highest BCUT2D eigenvalue weighted by atomic mass is 19.4. The summed E-state index contributed by atoms with van der Waals surface area (Å²) in [5.74, 6) is 0. The van der Waals surface area contributed by atoms with Gasteiger partial charge in [0.25, 0.3) is 0 Å². The third-order valence-electron chi connectivity index (χ3n) is 9.16. The molecule has 0 unspecified atom stereocenters. The highest BCUT2D eigenvalue weighted by molar-refractivity contribution is 5.88. The molecular weight excluding hydrogens is 940 g/mol. The zero-order valence-electron chi connectivity index (χ0n) is 30.2. The van der Waals surface area contributed by atoms with Crippen molar-refractivity contribution >= 4 is 11.4 Å². The first-order valence-corrected chi connectivity index (χ1v) is 16.6. The fraction of sp³-hybridized carbons (Fsp3) is 0.211. The highest BCUT2D eigenvalue weighted by Gasteiger charge is 2.48. The molecule has 2 nitrogen and oxygen atoms in total. The van der Waals surface area contributed by atoms with Crippen molar-refractivity contribution in [2.24, 2.45) is 0 Å². The normalized spacial score (nSPS) is 13.8. The molecule has 0 aliphatic rings. The summed E-state index contributed by atoms with van der Waals surface area (Å²) in [6, 6.07) is -4.52. The van der Waals surface area contributed by atoms with Crippen LogP contribution in [0, 0.1) is 0 Å². The van der Waals surface area contributed by atoms with E-state index in [2.05, 4.69) is 0 Å². The SMILES string of the molecule is Nc1ccc(-c2cc(-c3cc(-c4cc(-c5ccc(N)cc5C(F)(F)F)c(C(F)(F)F)cc4C(F)(F)F)c(C(F)(F)F)cc3C(F)(F)F)c(C(F)(F)F)cc2C(F)(F)F)c(C(F)(F)F)c1. The number of alkyl halides is 24. The maximum absolute atomic E-state index is 14.7. The molecule has 26 heteroatoms. The van der Waals surface area contributed by atoms with E-state index in [0.717, 1.165) is 0 Å². The molecule has 0 aromatic heterocycles. The van der Waals surface area contributed by atoms with Gasteiger partial charge >= 0.3 is 49.4 Å². The lowest BCUT2D eigenvalue weighted by atomic mass is 9.82. The fourth-order valence-electron chi connectivity index (χ4n) is 6.61. The van der Waals surface area contributed by atoms with Gasteiger partial charge in [0.05, 0.1) is 44.5 Å². The largest absolute Gasteiger partial charge is 0.417 e. The number of nitrogen functional groups attached to an aromatic ring is 2. The van der Waals surface area contributed by atoms with E-state index in [4.69, 9.17) is 11.5 Å². The summed E-state index contributed by atoms with van der Waals surface area (Å²) in [7, 11) is 0. The van der Waals surface area contributed by atoms with Gasteiger partial charge in [-0.25, -0.2) is 0 Å². The molecule has 5 aromatic rings. The molecule has 0 bridgehead atoms. The lowest BCUT2D eigenvalue weighted by Crippen LogP contribution is -2.19. The Morgan fingerprint density at radius 1 is 0.203 bits per heavy atom. The van der Waals surface area contributed by atoms with E-state index in [1.807, 2.05) is 0 Å². The molecule has 0 atom stereocenters. The van der Waals surface area contributed by atoms with E-state index in [9.17, 15) is 105 Å². The van der Waals surface area contributed by atoms with E-state index >= 15 is 0 Å². The molecule has 0 radical (unpaired) electrons. The van der Waals surface area contributed by atoms with Gasteiger partial charge in [0.1, 0.15) is 0 Å². The Balaban J connectivity index is 2.12. The number of hydrogen-bond acceptors (Lipinski definition) is 2. The van der Waals surface area contributed by atoms with E-state index in [-0.39, 0.29) is 24.3 Å².